The van der Waals surface area contributed by atoms with Crippen LogP contribution in [0.1, 0.15) is 37.8 Å². The molecule has 1 heterocycles. The zero-order chi connectivity index (χ0) is 16.8. The van der Waals surface area contributed by atoms with Gasteiger partial charge >= 0.3 is 0 Å². The number of halogens is 2. The molecular weight excluding hydrogens is 322 g/mol. The summed E-state index contributed by atoms with van der Waals surface area (Å²) >= 11 is 0. The number of nitrogens with one attached hydrogen (secondary N) is 1. The number of rotatable bonds is 4. The Balaban J connectivity index is 1.21. The van der Waals surface area contributed by atoms with Gasteiger partial charge in [-0.1, -0.05) is 5.16 Å². The van der Waals surface area contributed by atoms with Crippen molar-refractivity contribution >= 4 is 0 Å². The molecule has 4 aliphatic carbocycles. The summed E-state index contributed by atoms with van der Waals surface area (Å²) in [5.41, 5.74) is 2.08. The van der Waals surface area contributed by atoms with Crippen LogP contribution in [0.5, 0.6) is 0 Å². The van der Waals surface area contributed by atoms with Crippen molar-refractivity contribution in [1.29, 1.82) is 0 Å². The quantitative estimate of drug-likeness (QED) is 0.901. The predicted octanol–water partition coefficient (Wildman–Crippen LogP) is 4.29. The van der Waals surface area contributed by atoms with E-state index in [-0.39, 0.29) is 0 Å². The van der Waals surface area contributed by atoms with E-state index in [1.807, 2.05) is 0 Å². The van der Waals surface area contributed by atoms with Gasteiger partial charge < -0.3 is 9.84 Å². The maximum atomic E-state index is 13.4. The van der Waals surface area contributed by atoms with Crippen LogP contribution in [0, 0.1) is 34.8 Å². The maximum absolute atomic E-state index is 13.4. The molecule has 1 aromatic heterocycles. The zero-order valence-corrected chi connectivity index (χ0v) is 13.9. The van der Waals surface area contributed by atoms with Gasteiger partial charge in [0.15, 0.2) is 5.76 Å². The van der Waals surface area contributed by atoms with E-state index in [4.69, 9.17) is 4.52 Å². The van der Waals surface area contributed by atoms with Crippen molar-refractivity contribution in [3.63, 3.8) is 0 Å². The van der Waals surface area contributed by atoms with Gasteiger partial charge in [-0.25, -0.2) is 8.78 Å². The van der Waals surface area contributed by atoms with Crippen LogP contribution in [0.15, 0.2) is 28.8 Å². The number of aromatic nitrogens is 1. The lowest BCUT2D eigenvalue weighted by Gasteiger charge is -2.73. The number of hydrogen-bond acceptors (Lipinski definition) is 3. The Morgan fingerprint density at radius 2 is 1.88 bits per heavy atom. The summed E-state index contributed by atoms with van der Waals surface area (Å²) in [4.78, 5) is 0. The molecule has 25 heavy (non-hydrogen) atoms. The fourth-order valence-corrected chi connectivity index (χ4v) is 6.98. The van der Waals surface area contributed by atoms with Crippen LogP contribution >= 0.6 is 0 Å². The van der Waals surface area contributed by atoms with Crippen LogP contribution in [0.2, 0.25) is 0 Å². The summed E-state index contributed by atoms with van der Waals surface area (Å²) in [6.45, 7) is 0.662. The second-order valence-electron chi connectivity index (χ2n) is 8.66. The van der Waals surface area contributed by atoms with E-state index >= 15 is 0 Å². The molecule has 1 aromatic carbocycles. The Bertz CT molecular complexity index is 860. The number of fused-ring (bicyclic) bond motifs is 1. The number of benzene rings is 1. The van der Waals surface area contributed by atoms with Crippen molar-refractivity contribution in [1.82, 2.24) is 10.5 Å². The Kier molecular flexibility index (Phi) is 2.60. The minimum atomic E-state index is -0.609. The van der Waals surface area contributed by atoms with Gasteiger partial charge in [-0.15, -0.1) is 0 Å². The first kappa shape index (κ1) is 14.4. The maximum Gasteiger partial charge on any atom is 0.167 e. The first-order valence-corrected chi connectivity index (χ1v) is 9.25. The summed E-state index contributed by atoms with van der Waals surface area (Å²) < 4.78 is 32.1. The topological polar surface area (TPSA) is 38.1 Å². The minimum absolute atomic E-state index is 0.313. The molecule has 2 aromatic rings. The van der Waals surface area contributed by atoms with E-state index in [0.29, 0.717) is 28.8 Å². The molecule has 0 aliphatic heterocycles. The highest BCUT2D eigenvalue weighted by atomic mass is 19.1. The molecule has 4 aliphatic rings. The molecule has 1 N–H and O–H groups in total. The SMILES string of the molecule is Fc1cc(F)cc(-c2cc(CNC34CC5CC6CC(C3)C64C5)no2)c1. The molecule has 0 saturated heterocycles. The molecule has 0 radical (unpaired) electrons. The molecule has 5 unspecified atom stereocenters. The highest BCUT2D eigenvalue weighted by Crippen LogP contribution is 2.82. The van der Waals surface area contributed by atoms with E-state index in [9.17, 15) is 8.78 Å². The summed E-state index contributed by atoms with van der Waals surface area (Å²) in [5, 5.41) is 7.91. The lowest BCUT2D eigenvalue weighted by Crippen LogP contribution is -2.75. The molecular formula is C20H20F2N2O. The molecule has 4 saturated carbocycles. The molecule has 0 amide bonds. The van der Waals surface area contributed by atoms with Crippen molar-refractivity contribution in [2.24, 2.45) is 23.2 Å². The second-order valence-corrected chi connectivity index (χ2v) is 8.66. The van der Waals surface area contributed by atoms with Gasteiger partial charge in [-0.05, 0) is 67.4 Å². The Labute approximate surface area is 144 Å². The molecule has 6 rings (SSSR count). The summed E-state index contributed by atoms with van der Waals surface area (Å²) in [6, 6.07) is 5.18. The summed E-state index contributed by atoms with van der Waals surface area (Å²) in [5.74, 6) is 1.99. The minimum Gasteiger partial charge on any atom is -0.356 e. The van der Waals surface area contributed by atoms with Crippen LogP contribution in [0.25, 0.3) is 11.3 Å². The lowest BCUT2D eigenvalue weighted by molar-refractivity contribution is -0.207. The smallest absolute Gasteiger partial charge is 0.167 e. The van der Waals surface area contributed by atoms with Crippen molar-refractivity contribution in [3.05, 3.63) is 41.6 Å². The highest BCUT2D eigenvalue weighted by molar-refractivity contribution is 5.57. The molecule has 5 heteroatoms. The monoisotopic (exact) mass is 342 g/mol. The van der Waals surface area contributed by atoms with E-state index in [1.54, 1.807) is 6.07 Å². The molecule has 3 nitrogen and oxygen atoms in total. The lowest BCUT2D eigenvalue weighted by atomic mass is 9.35. The Morgan fingerprint density at radius 1 is 1.04 bits per heavy atom. The first-order valence-electron chi connectivity index (χ1n) is 9.25. The van der Waals surface area contributed by atoms with E-state index in [2.05, 4.69) is 10.5 Å². The van der Waals surface area contributed by atoms with Gasteiger partial charge in [0, 0.05) is 29.8 Å². The van der Waals surface area contributed by atoms with Gasteiger partial charge in [-0.2, -0.15) is 0 Å². The van der Waals surface area contributed by atoms with Gasteiger partial charge in [0.25, 0.3) is 0 Å². The van der Waals surface area contributed by atoms with Crippen molar-refractivity contribution in [3.8, 4) is 11.3 Å². The largest absolute Gasteiger partial charge is 0.356 e. The predicted molar refractivity (Wildman–Crippen MR) is 87.4 cm³/mol. The number of hydrogen-bond donors (Lipinski definition) is 1. The van der Waals surface area contributed by atoms with Crippen molar-refractivity contribution in [2.75, 3.05) is 0 Å². The molecule has 1 spiro atoms. The zero-order valence-electron chi connectivity index (χ0n) is 13.9. The van der Waals surface area contributed by atoms with Crippen molar-refractivity contribution < 1.29 is 13.3 Å². The summed E-state index contributed by atoms with van der Waals surface area (Å²) in [7, 11) is 0. The van der Waals surface area contributed by atoms with Crippen LogP contribution in [-0.4, -0.2) is 10.7 Å². The standard InChI is InChI=1S/C20H20F2N2O/c21-15-2-12(3-16(22)5-15)18-6-17(24-25-18)10-23-19-7-11-1-13-4-14(9-19)20(13,19)8-11/h2-3,5-6,11,13-14,23H,1,4,7-10H2. The van der Waals surface area contributed by atoms with Gasteiger partial charge in [0.2, 0.25) is 0 Å². The average Bonchev–Trinajstić information content (AvgIpc) is 3.20. The van der Waals surface area contributed by atoms with Gasteiger partial charge in [0.1, 0.15) is 11.6 Å². The van der Waals surface area contributed by atoms with Crippen molar-refractivity contribution in [2.45, 2.75) is 44.2 Å². The fourth-order valence-electron chi connectivity index (χ4n) is 6.98. The van der Waals surface area contributed by atoms with Crippen LogP contribution in [0.3, 0.4) is 0 Å². The third-order valence-electron chi connectivity index (χ3n) is 7.71. The Morgan fingerprint density at radius 3 is 2.64 bits per heavy atom. The Hall–Kier alpha value is -1.75. The average molecular weight is 342 g/mol. The first-order chi connectivity index (χ1) is 12.1. The van der Waals surface area contributed by atoms with Crippen LogP contribution < -0.4 is 5.32 Å². The van der Waals surface area contributed by atoms with E-state index in [1.165, 1.54) is 44.2 Å². The van der Waals surface area contributed by atoms with Crippen LogP contribution in [0.4, 0.5) is 8.78 Å². The molecule has 2 bridgehead atoms. The normalized spacial score (nSPS) is 39.8. The third kappa shape index (κ3) is 1.70. The van der Waals surface area contributed by atoms with Crippen LogP contribution in [-0.2, 0) is 6.54 Å². The fraction of sp³-hybridized carbons (Fsp3) is 0.550. The second kappa shape index (κ2) is 4.50. The van der Waals surface area contributed by atoms with Gasteiger partial charge in [0.05, 0.1) is 5.69 Å². The van der Waals surface area contributed by atoms with Gasteiger partial charge in [-0.3, -0.25) is 0 Å². The third-order valence-corrected chi connectivity index (χ3v) is 7.71. The number of nitrogens with zero attached hydrogens (tertiary/aromatic N) is 1. The highest BCUT2D eigenvalue weighted by Gasteiger charge is 2.80. The molecule has 130 valence electrons. The molecule has 5 atom stereocenters. The van der Waals surface area contributed by atoms with E-state index in [0.717, 1.165) is 29.5 Å². The van der Waals surface area contributed by atoms with E-state index < -0.39 is 11.6 Å². The molecule has 4 fully saturated rings. The summed E-state index contributed by atoms with van der Waals surface area (Å²) in [6.07, 6.45) is 6.92.